The molecule has 0 aliphatic rings. The van der Waals surface area contributed by atoms with Crippen molar-refractivity contribution in [1.29, 1.82) is 0 Å². The zero-order valence-corrected chi connectivity index (χ0v) is 12.6. The van der Waals surface area contributed by atoms with Crippen LogP contribution in [-0.2, 0) is 21.2 Å². The second kappa shape index (κ2) is 8.08. The number of halogens is 1. The van der Waals surface area contributed by atoms with E-state index in [0.717, 1.165) is 18.4 Å². The summed E-state index contributed by atoms with van der Waals surface area (Å²) in [7, 11) is -3.80. The van der Waals surface area contributed by atoms with Gasteiger partial charge in [0.05, 0.1) is 11.5 Å². The number of rotatable bonds is 7. The number of hydrogen-bond donors (Lipinski definition) is 2. The quantitative estimate of drug-likeness (QED) is 0.592. The standard InChI is InChI=1S/C12H17ClN2O4S/c1-2-19-12(16)14-15-20(17,18)11-7-5-10(6-8-11)4-3-9-13/h5-8,15H,2-4,9H2,1H3,(H,14,16). The molecule has 8 heteroatoms. The largest absolute Gasteiger partial charge is 0.449 e. The van der Waals surface area contributed by atoms with Gasteiger partial charge in [-0.1, -0.05) is 12.1 Å². The molecule has 2 N–H and O–H groups in total. The number of ether oxygens (including phenoxy) is 1. The number of hydrogen-bond acceptors (Lipinski definition) is 4. The van der Waals surface area contributed by atoms with Crippen LogP contribution in [0.1, 0.15) is 18.9 Å². The van der Waals surface area contributed by atoms with Crippen LogP contribution in [-0.4, -0.2) is 27.0 Å². The minimum Gasteiger partial charge on any atom is -0.449 e. The van der Waals surface area contributed by atoms with E-state index in [1.165, 1.54) is 12.1 Å². The summed E-state index contributed by atoms with van der Waals surface area (Å²) in [5, 5.41) is 0. The molecule has 0 heterocycles. The Kier molecular flexibility index (Phi) is 6.77. The van der Waals surface area contributed by atoms with Gasteiger partial charge in [0.1, 0.15) is 0 Å². The highest BCUT2D eigenvalue weighted by Crippen LogP contribution is 2.11. The molecule has 0 atom stereocenters. The average Bonchev–Trinajstić information content (AvgIpc) is 2.44. The maximum absolute atomic E-state index is 11.9. The fourth-order valence-corrected chi connectivity index (χ4v) is 2.40. The maximum Gasteiger partial charge on any atom is 0.422 e. The molecule has 0 saturated carbocycles. The van der Waals surface area contributed by atoms with Crippen molar-refractivity contribution in [2.45, 2.75) is 24.7 Å². The monoisotopic (exact) mass is 320 g/mol. The molecular weight excluding hydrogens is 304 g/mol. The number of sulfonamides is 1. The average molecular weight is 321 g/mol. The van der Waals surface area contributed by atoms with Gasteiger partial charge in [-0.3, -0.25) is 0 Å². The Labute approximate surface area is 123 Å². The number of nitrogens with one attached hydrogen (secondary N) is 2. The number of hydrazine groups is 1. The van der Waals surface area contributed by atoms with Crippen LogP contribution in [0.5, 0.6) is 0 Å². The lowest BCUT2D eigenvalue weighted by molar-refractivity contribution is 0.150. The predicted octanol–water partition coefficient (Wildman–Crippen LogP) is 1.80. The van der Waals surface area contributed by atoms with Gasteiger partial charge in [0, 0.05) is 5.88 Å². The molecule has 0 aromatic heterocycles. The Morgan fingerprint density at radius 2 is 1.95 bits per heavy atom. The molecule has 0 bridgehead atoms. The number of alkyl halides is 1. The molecule has 1 aromatic carbocycles. The molecule has 1 rings (SSSR count). The van der Waals surface area contributed by atoms with Crippen molar-refractivity contribution >= 4 is 27.7 Å². The first kappa shape index (κ1) is 16.7. The van der Waals surface area contributed by atoms with Gasteiger partial charge < -0.3 is 4.74 Å². The first-order chi connectivity index (χ1) is 9.49. The summed E-state index contributed by atoms with van der Waals surface area (Å²) in [6, 6.07) is 6.37. The van der Waals surface area contributed by atoms with Crippen LogP contribution in [0.2, 0.25) is 0 Å². The van der Waals surface area contributed by atoms with Gasteiger partial charge in [-0.15, -0.1) is 16.4 Å². The third-order valence-corrected chi connectivity index (χ3v) is 3.93. The van der Waals surface area contributed by atoms with Gasteiger partial charge in [0.2, 0.25) is 0 Å². The Bertz CT molecular complexity index is 531. The van der Waals surface area contributed by atoms with Crippen molar-refractivity contribution in [3.63, 3.8) is 0 Å². The second-order valence-corrected chi connectivity index (χ2v) is 5.95. The molecular formula is C12H17ClN2O4S. The molecule has 0 aliphatic heterocycles. The Hall–Kier alpha value is -1.31. The molecule has 0 saturated heterocycles. The van der Waals surface area contributed by atoms with Crippen molar-refractivity contribution in [2.24, 2.45) is 0 Å². The number of amides is 1. The van der Waals surface area contributed by atoms with E-state index in [1.807, 2.05) is 10.3 Å². The van der Waals surface area contributed by atoms with Crippen LogP contribution < -0.4 is 10.3 Å². The van der Waals surface area contributed by atoms with Crippen LogP contribution in [0.15, 0.2) is 29.2 Å². The second-order valence-electron chi connectivity index (χ2n) is 3.89. The highest BCUT2D eigenvalue weighted by Gasteiger charge is 2.15. The summed E-state index contributed by atoms with van der Waals surface area (Å²) in [6.07, 6.45) is 0.768. The van der Waals surface area contributed by atoms with Crippen molar-refractivity contribution in [3.8, 4) is 0 Å². The molecule has 0 fully saturated rings. The number of benzene rings is 1. The summed E-state index contributed by atoms with van der Waals surface area (Å²) in [4.78, 5) is 13.0. The van der Waals surface area contributed by atoms with E-state index in [-0.39, 0.29) is 11.5 Å². The normalized spacial score (nSPS) is 11.1. The highest BCUT2D eigenvalue weighted by molar-refractivity contribution is 7.89. The molecule has 0 spiro atoms. The Morgan fingerprint density at radius 1 is 1.30 bits per heavy atom. The number of carbonyl (C=O) groups is 1. The van der Waals surface area contributed by atoms with Crippen molar-refractivity contribution < 1.29 is 17.9 Å². The zero-order valence-electron chi connectivity index (χ0n) is 11.1. The zero-order chi connectivity index (χ0) is 15.0. The van der Waals surface area contributed by atoms with E-state index in [1.54, 1.807) is 19.1 Å². The molecule has 20 heavy (non-hydrogen) atoms. The van der Waals surface area contributed by atoms with Gasteiger partial charge in [0.15, 0.2) is 0 Å². The van der Waals surface area contributed by atoms with E-state index >= 15 is 0 Å². The van der Waals surface area contributed by atoms with Gasteiger partial charge in [0.25, 0.3) is 10.0 Å². The third-order valence-electron chi connectivity index (χ3n) is 2.40. The lowest BCUT2D eigenvalue weighted by Gasteiger charge is -2.08. The van der Waals surface area contributed by atoms with Gasteiger partial charge in [-0.25, -0.2) is 18.6 Å². The van der Waals surface area contributed by atoms with E-state index in [0.29, 0.717) is 5.88 Å². The summed E-state index contributed by atoms with van der Waals surface area (Å²) in [5.41, 5.74) is 2.96. The topological polar surface area (TPSA) is 84.5 Å². The summed E-state index contributed by atoms with van der Waals surface area (Å²) >= 11 is 5.59. The number of aryl methyl sites for hydroxylation is 1. The third kappa shape index (κ3) is 5.36. The van der Waals surface area contributed by atoms with Crippen LogP contribution in [0.3, 0.4) is 0 Å². The fraction of sp³-hybridized carbons (Fsp3) is 0.417. The molecule has 0 unspecified atom stereocenters. The lowest BCUT2D eigenvalue weighted by Crippen LogP contribution is -2.41. The van der Waals surface area contributed by atoms with E-state index in [4.69, 9.17) is 11.6 Å². The smallest absolute Gasteiger partial charge is 0.422 e. The minimum atomic E-state index is -3.80. The Morgan fingerprint density at radius 3 is 2.50 bits per heavy atom. The van der Waals surface area contributed by atoms with Crippen LogP contribution >= 0.6 is 11.6 Å². The summed E-state index contributed by atoms with van der Waals surface area (Å²) in [6.45, 7) is 1.77. The predicted molar refractivity (Wildman–Crippen MR) is 76.0 cm³/mol. The fourth-order valence-electron chi connectivity index (χ4n) is 1.44. The molecule has 0 aliphatic carbocycles. The van der Waals surface area contributed by atoms with E-state index in [9.17, 15) is 13.2 Å². The van der Waals surface area contributed by atoms with Crippen molar-refractivity contribution in [2.75, 3.05) is 12.5 Å². The first-order valence-electron chi connectivity index (χ1n) is 6.09. The summed E-state index contributed by atoms with van der Waals surface area (Å²) < 4.78 is 28.3. The number of carbonyl (C=O) groups excluding carboxylic acids is 1. The van der Waals surface area contributed by atoms with Crippen molar-refractivity contribution in [1.82, 2.24) is 10.3 Å². The van der Waals surface area contributed by atoms with Gasteiger partial charge in [-0.05, 0) is 37.5 Å². The van der Waals surface area contributed by atoms with E-state index in [2.05, 4.69) is 4.74 Å². The van der Waals surface area contributed by atoms with E-state index < -0.39 is 16.1 Å². The van der Waals surface area contributed by atoms with Gasteiger partial charge in [-0.2, -0.15) is 0 Å². The molecule has 1 aromatic rings. The molecule has 112 valence electrons. The van der Waals surface area contributed by atoms with Crippen LogP contribution in [0.4, 0.5) is 4.79 Å². The van der Waals surface area contributed by atoms with Crippen LogP contribution in [0, 0.1) is 0 Å². The SMILES string of the molecule is CCOC(=O)NNS(=O)(=O)c1ccc(CCCCl)cc1. The molecule has 6 nitrogen and oxygen atoms in total. The van der Waals surface area contributed by atoms with Gasteiger partial charge >= 0.3 is 6.09 Å². The van der Waals surface area contributed by atoms with Crippen LogP contribution in [0.25, 0.3) is 0 Å². The molecule has 1 amide bonds. The summed E-state index contributed by atoms with van der Waals surface area (Å²) in [5.74, 6) is 0.561. The Balaban J connectivity index is 2.65. The highest BCUT2D eigenvalue weighted by atomic mass is 35.5. The lowest BCUT2D eigenvalue weighted by atomic mass is 10.1. The minimum absolute atomic E-state index is 0.0592. The maximum atomic E-state index is 11.9. The first-order valence-corrected chi connectivity index (χ1v) is 8.11. The molecule has 0 radical (unpaired) electrons. The van der Waals surface area contributed by atoms with Crippen molar-refractivity contribution in [3.05, 3.63) is 29.8 Å².